The zero-order valence-corrected chi connectivity index (χ0v) is 14.4. The number of aryl methyl sites for hydroxylation is 1. The predicted molar refractivity (Wildman–Crippen MR) is 85.1 cm³/mol. The van der Waals surface area contributed by atoms with Gasteiger partial charge < -0.3 is 8.92 Å². The van der Waals surface area contributed by atoms with E-state index in [1.54, 1.807) is 13.0 Å². The quantitative estimate of drug-likeness (QED) is 0.763. The Labute approximate surface area is 135 Å². The Morgan fingerprint density at radius 3 is 2.00 bits per heavy atom. The first kappa shape index (κ1) is 17.3. The molecule has 0 N–H and O–H groups in total. The standard InChI is InChI=1S/C15H16O6S2/c1-11-8-12(20-2)10-13(9-11)21-23(18,19)15-7-5-4-6-14(15)22(3,16)17/h4-10H,1-3H3. The Bertz CT molecular complexity index is 930. The monoisotopic (exact) mass is 356 g/mol. The molecule has 0 aliphatic heterocycles. The normalized spacial score (nSPS) is 12.0. The second-order valence-electron chi connectivity index (χ2n) is 4.94. The highest BCUT2D eigenvalue weighted by Gasteiger charge is 2.25. The summed E-state index contributed by atoms with van der Waals surface area (Å²) in [6.45, 7) is 1.76. The van der Waals surface area contributed by atoms with E-state index >= 15 is 0 Å². The number of rotatable bonds is 5. The molecule has 2 rings (SSSR count). The molecule has 0 saturated heterocycles. The molecule has 0 amide bonds. The zero-order chi connectivity index (χ0) is 17.3. The van der Waals surface area contributed by atoms with Crippen LogP contribution in [0.3, 0.4) is 0 Å². The largest absolute Gasteiger partial charge is 0.497 e. The molecule has 0 heterocycles. The van der Waals surface area contributed by atoms with Crippen molar-refractivity contribution < 1.29 is 25.8 Å². The molecule has 124 valence electrons. The number of methoxy groups -OCH3 is 1. The van der Waals surface area contributed by atoms with Crippen molar-refractivity contribution >= 4 is 20.0 Å². The minimum Gasteiger partial charge on any atom is -0.497 e. The molecule has 8 heteroatoms. The lowest BCUT2D eigenvalue weighted by molar-refractivity contribution is 0.411. The van der Waals surface area contributed by atoms with Crippen molar-refractivity contribution in [1.82, 2.24) is 0 Å². The van der Waals surface area contributed by atoms with Crippen LogP contribution in [-0.2, 0) is 20.0 Å². The third-order valence-corrected chi connectivity index (χ3v) is 5.57. The summed E-state index contributed by atoms with van der Waals surface area (Å²) in [7, 11) is -6.57. The summed E-state index contributed by atoms with van der Waals surface area (Å²) >= 11 is 0. The number of sulfone groups is 1. The molecule has 0 aliphatic carbocycles. The first-order valence-corrected chi connectivity index (χ1v) is 9.83. The van der Waals surface area contributed by atoms with E-state index in [2.05, 4.69) is 0 Å². The smallest absolute Gasteiger partial charge is 0.340 e. The predicted octanol–water partition coefficient (Wildman–Crippen LogP) is 2.17. The minimum absolute atomic E-state index is 0.0464. The molecule has 2 aromatic carbocycles. The van der Waals surface area contributed by atoms with Crippen molar-refractivity contribution in [2.24, 2.45) is 0 Å². The first-order chi connectivity index (χ1) is 10.6. The second kappa shape index (κ2) is 6.21. The summed E-state index contributed by atoms with van der Waals surface area (Å²) in [6, 6.07) is 9.94. The van der Waals surface area contributed by atoms with Gasteiger partial charge in [-0.25, -0.2) is 8.42 Å². The molecule has 0 atom stereocenters. The van der Waals surface area contributed by atoms with Gasteiger partial charge in [-0.05, 0) is 36.8 Å². The fourth-order valence-electron chi connectivity index (χ4n) is 2.01. The molecule has 0 unspecified atom stereocenters. The molecule has 0 saturated carbocycles. The average Bonchev–Trinajstić information content (AvgIpc) is 2.45. The highest BCUT2D eigenvalue weighted by atomic mass is 32.2. The van der Waals surface area contributed by atoms with Crippen molar-refractivity contribution in [2.75, 3.05) is 13.4 Å². The zero-order valence-electron chi connectivity index (χ0n) is 12.8. The fourth-order valence-corrected chi connectivity index (χ4v) is 4.53. The average molecular weight is 356 g/mol. The third-order valence-electron chi connectivity index (χ3n) is 2.98. The van der Waals surface area contributed by atoms with Gasteiger partial charge in [0, 0.05) is 12.3 Å². The lowest BCUT2D eigenvalue weighted by Crippen LogP contribution is -2.14. The summed E-state index contributed by atoms with van der Waals surface area (Å²) in [5.74, 6) is 0.483. The van der Waals surface area contributed by atoms with E-state index in [4.69, 9.17) is 8.92 Å². The topological polar surface area (TPSA) is 86.7 Å². The van der Waals surface area contributed by atoms with Gasteiger partial charge >= 0.3 is 10.1 Å². The Balaban J connectivity index is 2.51. The van der Waals surface area contributed by atoms with Gasteiger partial charge in [0.2, 0.25) is 0 Å². The van der Waals surface area contributed by atoms with Crippen molar-refractivity contribution in [3.05, 3.63) is 48.0 Å². The van der Waals surface area contributed by atoms with Crippen LogP contribution in [0.1, 0.15) is 5.56 Å². The highest BCUT2D eigenvalue weighted by molar-refractivity contribution is 7.92. The molecular weight excluding hydrogens is 340 g/mol. The van der Waals surface area contributed by atoms with E-state index in [0.29, 0.717) is 5.75 Å². The Kier molecular flexibility index (Phi) is 4.67. The van der Waals surface area contributed by atoms with Gasteiger partial charge in [-0.1, -0.05) is 12.1 Å². The molecule has 0 spiro atoms. The van der Waals surface area contributed by atoms with Crippen LogP contribution in [0.25, 0.3) is 0 Å². The van der Waals surface area contributed by atoms with Crippen LogP contribution in [0.4, 0.5) is 0 Å². The molecule has 0 bridgehead atoms. The maximum Gasteiger partial charge on any atom is 0.340 e. The Hall–Kier alpha value is -2.06. The van der Waals surface area contributed by atoms with Crippen LogP contribution < -0.4 is 8.92 Å². The summed E-state index contributed by atoms with van der Waals surface area (Å²) in [6.07, 6.45) is 0.942. The van der Waals surface area contributed by atoms with Gasteiger partial charge in [0.15, 0.2) is 9.84 Å². The molecule has 0 radical (unpaired) electrons. The van der Waals surface area contributed by atoms with Crippen molar-refractivity contribution in [2.45, 2.75) is 16.7 Å². The second-order valence-corrected chi connectivity index (χ2v) is 8.44. The minimum atomic E-state index is -4.30. The van der Waals surface area contributed by atoms with E-state index < -0.39 is 24.9 Å². The molecule has 0 aliphatic rings. The molecule has 0 fully saturated rings. The summed E-state index contributed by atoms with van der Waals surface area (Å²) in [5, 5.41) is 0. The van der Waals surface area contributed by atoms with E-state index in [0.717, 1.165) is 11.8 Å². The third kappa shape index (κ3) is 4.02. The van der Waals surface area contributed by atoms with Crippen molar-refractivity contribution in [3.63, 3.8) is 0 Å². The molecular formula is C15H16O6S2. The Morgan fingerprint density at radius 1 is 0.870 bits per heavy atom. The van der Waals surface area contributed by atoms with Crippen LogP contribution in [0.15, 0.2) is 52.3 Å². The summed E-state index contributed by atoms with van der Waals surface area (Å²) < 4.78 is 58.6. The van der Waals surface area contributed by atoms with Crippen LogP contribution in [0.5, 0.6) is 11.5 Å². The van der Waals surface area contributed by atoms with Crippen LogP contribution in [-0.4, -0.2) is 30.2 Å². The maximum atomic E-state index is 12.5. The van der Waals surface area contributed by atoms with Gasteiger partial charge in [-0.15, -0.1) is 0 Å². The number of hydrogen-bond acceptors (Lipinski definition) is 6. The molecule has 2 aromatic rings. The SMILES string of the molecule is COc1cc(C)cc(OS(=O)(=O)c2ccccc2S(C)(=O)=O)c1. The lowest BCUT2D eigenvalue weighted by Gasteiger charge is -2.11. The number of ether oxygens (including phenoxy) is 1. The van der Waals surface area contributed by atoms with E-state index in [1.165, 1.54) is 43.5 Å². The summed E-state index contributed by atoms with van der Waals surface area (Å²) in [4.78, 5) is -0.706. The van der Waals surface area contributed by atoms with Gasteiger partial charge in [-0.2, -0.15) is 8.42 Å². The fraction of sp³-hybridized carbons (Fsp3) is 0.200. The van der Waals surface area contributed by atoms with E-state index in [9.17, 15) is 16.8 Å². The summed E-state index contributed by atoms with van der Waals surface area (Å²) in [5.41, 5.74) is 0.742. The molecule has 0 aromatic heterocycles. The molecule has 23 heavy (non-hydrogen) atoms. The van der Waals surface area contributed by atoms with Crippen molar-refractivity contribution in [3.8, 4) is 11.5 Å². The number of hydrogen-bond donors (Lipinski definition) is 0. The van der Waals surface area contributed by atoms with Gasteiger partial charge in [0.25, 0.3) is 0 Å². The van der Waals surface area contributed by atoms with Crippen LogP contribution >= 0.6 is 0 Å². The maximum absolute atomic E-state index is 12.5. The van der Waals surface area contributed by atoms with Gasteiger partial charge in [0.1, 0.15) is 16.4 Å². The van der Waals surface area contributed by atoms with E-state index in [-0.39, 0.29) is 10.6 Å². The van der Waals surface area contributed by atoms with Crippen molar-refractivity contribution in [1.29, 1.82) is 0 Å². The van der Waals surface area contributed by atoms with Crippen LogP contribution in [0.2, 0.25) is 0 Å². The van der Waals surface area contributed by atoms with Crippen LogP contribution in [0, 0.1) is 6.92 Å². The first-order valence-electron chi connectivity index (χ1n) is 6.53. The highest BCUT2D eigenvalue weighted by Crippen LogP contribution is 2.27. The molecule has 6 nitrogen and oxygen atoms in total. The Morgan fingerprint density at radius 2 is 1.43 bits per heavy atom. The lowest BCUT2D eigenvalue weighted by atomic mass is 10.2. The van der Waals surface area contributed by atoms with E-state index in [1.807, 2.05) is 0 Å². The van der Waals surface area contributed by atoms with Gasteiger partial charge in [-0.3, -0.25) is 0 Å². The number of benzene rings is 2. The van der Waals surface area contributed by atoms with Gasteiger partial charge in [0.05, 0.1) is 12.0 Å².